The lowest BCUT2D eigenvalue weighted by Gasteiger charge is -2.42. The number of nitrogens with zero attached hydrogens (tertiary/aromatic N) is 1. The summed E-state index contributed by atoms with van der Waals surface area (Å²) < 4.78 is 28.8. The summed E-state index contributed by atoms with van der Waals surface area (Å²) in [4.78, 5) is 2.31. The minimum absolute atomic E-state index is 0.0787. The molecule has 0 aliphatic carbocycles. The largest absolute Gasteiger partial charge is 0.435 e. The van der Waals surface area contributed by atoms with Crippen LogP contribution in [-0.2, 0) is 6.54 Å². The van der Waals surface area contributed by atoms with Crippen LogP contribution in [0.1, 0.15) is 25.8 Å². The Kier molecular flexibility index (Phi) is 4.60. The summed E-state index contributed by atoms with van der Waals surface area (Å²) in [5, 5.41) is 0. The van der Waals surface area contributed by atoms with Crippen LogP contribution in [0.5, 0.6) is 5.75 Å². The summed E-state index contributed by atoms with van der Waals surface area (Å²) in [6.07, 6.45) is 0.959. The molecule has 1 saturated heterocycles. The van der Waals surface area contributed by atoms with E-state index in [0.717, 1.165) is 31.6 Å². The predicted molar refractivity (Wildman–Crippen MR) is 74.7 cm³/mol. The monoisotopic (exact) mass is 284 g/mol. The van der Waals surface area contributed by atoms with Gasteiger partial charge in [0.25, 0.3) is 0 Å². The molecular formula is C15H22F2N2O. The molecular weight excluding hydrogens is 262 g/mol. The highest BCUT2D eigenvalue weighted by Gasteiger charge is 2.33. The molecule has 1 aliphatic heterocycles. The van der Waals surface area contributed by atoms with Crippen molar-refractivity contribution in [3.63, 3.8) is 0 Å². The van der Waals surface area contributed by atoms with Crippen molar-refractivity contribution in [2.24, 2.45) is 11.1 Å². The van der Waals surface area contributed by atoms with Crippen molar-refractivity contribution in [2.45, 2.75) is 39.5 Å². The standard InChI is InChI=1S/C15H22F2N2O/c1-15(2)10-19(7-6-13(15)18)9-11-4-3-5-12(8-11)20-14(16)17/h3-5,8,13-14H,6-7,9-10,18H2,1-2H3. The van der Waals surface area contributed by atoms with E-state index in [1.807, 2.05) is 6.07 Å². The van der Waals surface area contributed by atoms with E-state index in [0.29, 0.717) is 0 Å². The fraction of sp³-hybridized carbons (Fsp3) is 0.600. The minimum Gasteiger partial charge on any atom is -0.435 e. The first-order chi connectivity index (χ1) is 9.37. The van der Waals surface area contributed by atoms with Crippen LogP contribution in [-0.4, -0.2) is 30.6 Å². The number of alkyl halides is 2. The topological polar surface area (TPSA) is 38.5 Å². The molecule has 0 amide bonds. The van der Waals surface area contributed by atoms with Gasteiger partial charge in [0, 0.05) is 25.7 Å². The molecule has 1 fully saturated rings. The van der Waals surface area contributed by atoms with Gasteiger partial charge in [0.05, 0.1) is 0 Å². The molecule has 2 rings (SSSR count). The number of rotatable bonds is 4. The van der Waals surface area contributed by atoms with E-state index in [1.165, 1.54) is 0 Å². The molecule has 1 atom stereocenters. The fourth-order valence-corrected chi connectivity index (χ4v) is 2.70. The zero-order valence-electron chi connectivity index (χ0n) is 12.0. The summed E-state index contributed by atoms with van der Waals surface area (Å²) in [6, 6.07) is 7.11. The van der Waals surface area contributed by atoms with Crippen molar-refractivity contribution in [3.05, 3.63) is 29.8 Å². The molecule has 5 heteroatoms. The average molecular weight is 284 g/mol. The van der Waals surface area contributed by atoms with E-state index in [-0.39, 0.29) is 17.2 Å². The highest BCUT2D eigenvalue weighted by atomic mass is 19.3. The molecule has 1 heterocycles. The minimum atomic E-state index is -2.78. The maximum absolute atomic E-state index is 12.2. The second kappa shape index (κ2) is 6.06. The number of hydrogen-bond acceptors (Lipinski definition) is 3. The number of benzene rings is 1. The second-order valence-electron chi connectivity index (χ2n) is 6.12. The van der Waals surface area contributed by atoms with E-state index in [9.17, 15) is 8.78 Å². The van der Waals surface area contributed by atoms with Crippen LogP contribution in [0.2, 0.25) is 0 Å². The van der Waals surface area contributed by atoms with Gasteiger partial charge in [0.1, 0.15) is 5.75 Å². The van der Waals surface area contributed by atoms with Crippen LogP contribution in [0.15, 0.2) is 24.3 Å². The summed E-state index contributed by atoms with van der Waals surface area (Å²) >= 11 is 0. The maximum Gasteiger partial charge on any atom is 0.387 e. The van der Waals surface area contributed by atoms with Gasteiger partial charge in [-0.2, -0.15) is 8.78 Å². The number of halogens is 2. The number of ether oxygens (including phenoxy) is 1. The summed E-state index contributed by atoms with van der Waals surface area (Å²) in [7, 11) is 0. The van der Waals surface area contributed by atoms with E-state index in [1.54, 1.807) is 18.2 Å². The van der Waals surface area contributed by atoms with Gasteiger partial charge >= 0.3 is 6.61 Å². The maximum atomic E-state index is 12.2. The lowest BCUT2D eigenvalue weighted by molar-refractivity contribution is -0.0499. The molecule has 112 valence electrons. The third-order valence-electron chi connectivity index (χ3n) is 3.92. The Balaban J connectivity index is 2.00. The van der Waals surface area contributed by atoms with E-state index in [4.69, 9.17) is 5.73 Å². The molecule has 1 unspecified atom stereocenters. The van der Waals surface area contributed by atoms with Crippen LogP contribution < -0.4 is 10.5 Å². The first-order valence-electron chi connectivity index (χ1n) is 6.88. The number of hydrogen-bond donors (Lipinski definition) is 1. The van der Waals surface area contributed by atoms with Gasteiger partial charge in [-0.05, 0) is 29.5 Å². The quantitative estimate of drug-likeness (QED) is 0.924. The molecule has 0 bridgehead atoms. The number of likely N-dealkylation sites (tertiary alicyclic amines) is 1. The Morgan fingerprint density at radius 1 is 1.45 bits per heavy atom. The number of nitrogens with two attached hydrogens (primary N) is 1. The van der Waals surface area contributed by atoms with Gasteiger partial charge in [-0.25, -0.2) is 0 Å². The zero-order valence-corrected chi connectivity index (χ0v) is 12.0. The molecule has 20 heavy (non-hydrogen) atoms. The molecule has 0 radical (unpaired) electrons. The molecule has 0 saturated carbocycles. The van der Waals surface area contributed by atoms with Gasteiger partial charge in [-0.3, -0.25) is 4.90 Å². The smallest absolute Gasteiger partial charge is 0.387 e. The highest BCUT2D eigenvalue weighted by Crippen LogP contribution is 2.29. The SMILES string of the molecule is CC1(C)CN(Cc2cccc(OC(F)F)c2)CCC1N. The van der Waals surface area contributed by atoms with Crippen molar-refractivity contribution >= 4 is 0 Å². The highest BCUT2D eigenvalue weighted by molar-refractivity contribution is 5.28. The van der Waals surface area contributed by atoms with Gasteiger partial charge in [0.2, 0.25) is 0 Å². The van der Waals surface area contributed by atoms with E-state index in [2.05, 4.69) is 23.5 Å². The summed E-state index contributed by atoms with van der Waals surface area (Å²) in [5.41, 5.74) is 7.18. The van der Waals surface area contributed by atoms with Crippen LogP contribution in [0.3, 0.4) is 0 Å². The Labute approximate surface area is 118 Å². The van der Waals surface area contributed by atoms with Crippen molar-refractivity contribution in [2.75, 3.05) is 13.1 Å². The molecule has 2 N–H and O–H groups in total. The van der Waals surface area contributed by atoms with Crippen LogP contribution >= 0.6 is 0 Å². The summed E-state index contributed by atoms with van der Waals surface area (Å²) in [6.45, 7) is 4.13. The lowest BCUT2D eigenvalue weighted by Crippen LogP contribution is -2.52. The zero-order chi connectivity index (χ0) is 14.8. The molecule has 1 aromatic rings. The molecule has 0 spiro atoms. The fourth-order valence-electron chi connectivity index (χ4n) is 2.70. The summed E-state index contributed by atoms with van der Waals surface area (Å²) in [5.74, 6) is 0.213. The Hall–Kier alpha value is -1.20. The van der Waals surface area contributed by atoms with Gasteiger partial charge in [0.15, 0.2) is 0 Å². The normalized spacial score (nSPS) is 23.0. The average Bonchev–Trinajstić information content (AvgIpc) is 2.33. The first-order valence-corrected chi connectivity index (χ1v) is 6.88. The van der Waals surface area contributed by atoms with Crippen LogP contribution in [0.4, 0.5) is 8.78 Å². The lowest BCUT2D eigenvalue weighted by atomic mass is 9.79. The molecule has 1 aromatic carbocycles. The van der Waals surface area contributed by atoms with Gasteiger partial charge in [-0.1, -0.05) is 26.0 Å². The Morgan fingerprint density at radius 3 is 2.85 bits per heavy atom. The Bertz CT molecular complexity index is 451. The Morgan fingerprint density at radius 2 is 2.20 bits per heavy atom. The number of piperidine rings is 1. The van der Waals surface area contributed by atoms with Gasteiger partial charge in [-0.15, -0.1) is 0 Å². The van der Waals surface area contributed by atoms with Crippen molar-refractivity contribution < 1.29 is 13.5 Å². The predicted octanol–water partition coefficient (Wildman–Crippen LogP) is 2.85. The molecule has 3 nitrogen and oxygen atoms in total. The van der Waals surface area contributed by atoms with Crippen LogP contribution in [0.25, 0.3) is 0 Å². The van der Waals surface area contributed by atoms with Crippen LogP contribution in [0, 0.1) is 5.41 Å². The van der Waals surface area contributed by atoms with E-state index < -0.39 is 6.61 Å². The molecule has 1 aliphatic rings. The third-order valence-corrected chi connectivity index (χ3v) is 3.92. The first kappa shape index (κ1) is 15.2. The third kappa shape index (κ3) is 3.90. The molecule has 0 aromatic heterocycles. The van der Waals surface area contributed by atoms with Crippen molar-refractivity contribution in [1.82, 2.24) is 4.90 Å². The van der Waals surface area contributed by atoms with E-state index >= 15 is 0 Å². The van der Waals surface area contributed by atoms with Gasteiger partial charge < -0.3 is 10.5 Å². The van der Waals surface area contributed by atoms with Crippen molar-refractivity contribution in [3.8, 4) is 5.75 Å². The second-order valence-corrected chi connectivity index (χ2v) is 6.12. The van der Waals surface area contributed by atoms with Crippen molar-refractivity contribution in [1.29, 1.82) is 0 Å².